The van der Waals surface area contributed by atoms with Gasteiger partial charge in [0.15, 0.2) is 0 Å². The molecule has 2 N–H and O–H groups in total. The van der Waals surface area contributed by atoms with Gasteiger partial charge in [-0.1, -0.05) is 19.8 Å². The lowest BCUT2D eigenvalue weighted by Crippen LogP contribution is -2.25. The fraction of sp³-hybridized carbons (Fsp3) is 0.400. The van der Waals surface area contributed by atoms with E-state index in [1.54, 1.807) is 37.3 Å². The van der Waals surface area contributed by atoms with E-state index >= 15 is 0 Å². The van der Waals surface area contributed by atoms with Gasteiger partial charge in [-0.2, -0.15) is 0 Å². The number of aryl methyl sites for hydroxylation is 1. The number of unbranched alkanes of at least 4 members (excludes halogenated alkanes) is 2. The Morgan fingerprint density at radius 2 is 1.81 bits per heavy atom. The van der Waals surface area contributed by atoms with Gasteiger partial charge in [0.05, 0.1) is 12.2 Å². The predicted molar refractivity (Wildman–Crippen MR) is 104 cm³/mol. The maximum absolute atomic E-state index is 12.3. The predicted octanol–water partition coefficient (Wildman–Crippen LogP) is 3.63. The molecule has 0 bridgehead atoms. The highest BCUT2D eigenvalue weighted by Gasteiger charge is 2.11. The monoisotopic (exact) mass is 370 g/mol. The molecule has 0 fully saturated rings. The molecule has 7 nitrogen and oxygen atoms in total. The van der Waals surface area contributed by atoms with Crippen molar-refractivity contribution in [2.45, 2.75) is 40.0 Å². The molecule has 0 saturated heterocycles. The van der Waals surface area contributed by atoms with Crippen LogP contribution in [-0.4, -0.2) is 35.0 Å². The van der Waals surface area contributed by atoms with Crippen molar-refractivity contribution in [3.8, 4) is 0 Å². The molecular formula is C20H26N4O3. The third-order valence-corrected chi connectivity index (χ3v) is 3.80. The molecule has 0 unspecified atom stereocenters. The van der Waals surface area contributed by atoms with Gasteiger partial charge in [0, 0.05) is 17.9 Å². The quantitative estimate of drug-likeness (QED) is 0.517. The van der Waals surface area contributed by atoms with Gasteiger partial charge in [-0.25, -0.2) is 14.8 Å². The SMILES string of the molecule is CCCCCNC(=O)c1cc(C)nc(Nc2ccc(C(=O)OCC)cc2)n1. The topological polar surface area (TPSA) is 93.2 Å². The molecule has 2 aromatic rings. The zero-order chi connectivity index (χ0) is 19.6. The highest BCUT2D eigenvalue weighted by molar-refractivity contribution is 5.92. The number of ether oxygens (including phenoxy) is 1. The summed E-state index contributed by atoms with van der Waals surface area (Å²) in [4.78, 5) is 32.6. The molecule has 7 heteroatoms. The molecular weight excluding hydrogens is 344 g/mol. The summed E-state index contributed by atoms with van der Waals surface area (Å²) in [6.07, 6.45) is 3.13. The Kier molecular flexibility index (Phi) is 7.73. The average Bonchev–Trinajstić information content (AvgIpc) is 2.65. The fourth-order valence-corrected chi connectivity index (χ4v) is 2.44. The summed E-state index contributed by atoms with van der Waals surface area (Å²) < 4.78 is 4.96. The van der Waals surface area contributed by atoms with E-state index in [9.17, 15) is 9.59 Å². The van der Waals surface area contributed by atoms with Crippen LogP contribution >= 0.6 is 0 Å². The summed E-state index contributed by atoms with van der Waals surface area (Å²) >= 11 is 0. The van der Waals surface area contributed by atoms with Crippen molar-refractivity contribution in [3.05, 3.63) is 47.3 Å². The first-order valence-electron chi connectivity index (χ1n) is 9.21. The summed E-state index contributed by atoms with van der Waals surface area (Å²) in [5.41, 5.74) is 2.20. The second-order valence-corrected chi connectivity index (χ2v) is 6.10. The van der Waals surface area contributed by atoms with Crippen LogP contribution in [0.3, 0.4) is 0 Å². The first-order chi connectivity index (χ1) is 13.0. The Hall–Kier alpha value is -2.96. The number of nitrogens with zero attached hydrogens (tertiary/aromatic N) is 2. The Morgan fingerprint density at radius 3 is 2.48 bits per heavy atom. The van der Waals surface area contributed by atoms with Gasteiger partial charge >= 0.3 is 5.97 Å². The van der Waals surface area contributed by atoms with Crippen LogP contribution in [0.1, 0.15) is 59.7 Å². The minimum atomic E-state index is -0.363. The molecule has 0 aliphatic carbocycles. The van der Waals surface area contributed by atoms with Crippen molar-refractivity contribution < 1.29 is 14.3 Å². The molecule has 0 radical (unpaired) electrons. The maximum Gasteiger partial charge on any atom is 0.338 e. The van der Waals surface area contributed by atoms with Crippen molar-refractivity contribution in [1.82, 2.24) is 15.3 Å². The van der Waals surface area contributed by atoms with Crippen molar-refractivity contribution >= 4 is 23.5 Å². The maximum atomic E-state index is 12.3. The lowest BCUT2D eigenvalue weighted by molar-refractivity contribution is 0.0526. The van der Waals surface area contributed by atoms with E-state index in [0.717, 1.165) is 19.3 Å². The molecule has 0 aliphatic heterocycles. The molecule has 1 amide bonds. The summed E-state index contributed by atoms with van der Waals surface area (Å²) in [6, 6.07) is 8.46. The Balaban J connectivity index is 2.05. The number of carbonyl (C=O) groups excluding carboxylic acids is 2. The van der Waals surface area contributed by atoms with E-state index in [1.165, 1.54) is 0 Å². The number of carbonyl (C=O) groups is 2. The van der Waals surface area contributed by atoms with E-state index < -0.39 is 0 Å². The van der Waals surface area contributed by atoms with Gasteiger partial charge in [0.2, 0.25) is 5.95 Å². The van der Waals surface area contributed by atoms with Gasteiger partial charge in [-0.3, -0.25) is 4.79 Å². The second kappa shape index (κ2) is 10.3. The molecule has 27 heavy (non-hydrogen) atoms. The molecule has 0 saturated carbocycles. The number of amides is 1. The van der Waals surface area contributed by atoms with Crippen LogP contribution in [-0.2, 0) is 4.74 Å². The third-order valence-electron chi connectivity index (χ3n) is 3.80. The number of anilines is 2. The lowest BCUT2D eigenvalue weighted by Gasteiger charge is -2.09. The van der Waals surface area contributed by atoms with Gasteiger partial charge in [0.25, 0.3) is 5.91 Å². The minimum Gasteiger partial charge on any atom is -0.462 e. The van der Waals surface area contributed by atoms with E-state index in [0.29, 0.717) is 41.7 Å². The zero-order valence-electron chi connectivity index (χ0n) is 16.0. The summed E-state index contributed by atoms with van der Waals surface area (Å²) in [5, 5.41) is 5.94. The first kappa shape index (κ1) is 20.4. The van der Waals surface area contributed by atoms with Crippen molar-refractivity contribution in [2.75, 3.05) is 18.5 Å². The van der Waals surface area contributed by atoms with Crippen molar-refractivity contribution in [1.29, 1.82) is 0 Å². The number of hydrogen-bond acceptors (Lipinski definition) is 6. The van der Waals surface area contributed by atoms with Gasteiger partial charge in [0.1, 0.15) is 5.69 Å². The van der Waals surface area contributed by atoms with Crippen LogP contribution in [0, 0.1) is 6.92 Å². The molecule has 0 aliphatic rings. The molecule has 0 spiro atoms. The first-order valence-corrected chi connectivity index (χ1v) is 9.21. The molecule has 1 heterocycles. The third kappa shape index (κ3) is 6.36. The lowest BCUT2D eigenvalue weighted by atomic mass is 10.2. The molecule has 0 atom stereocenters. The zero-order valence-corrected chi connectivity index (χ0v) is 16.0. The van der Waals surface area contributed by atoms with Crippen molar-refractivity contribution in [3.63, 3.8) is 0 Å². The summed E-state index contributed by atoms with van der Waals surface area (Å²) in [6.45, 7) is 6.66. The average molecular weight is 370 g/mol. The number of esters is 1. The van der Waals surface area contributed by atoms with E-state index in [2.05, 4.69) is 27.5 Å². The molecule has 2 rings (SSSR count). The van der Waals surface area contributed by atoms with Crippen LogP contribution in [0.4, 0.5) is 11.6 Å². The highest BCUT2D eigenvalue weighted by atomic mass is 16.5. The van der Waals surface area contributed by atoms with Crippen LogP contribution < -0.4 is 10.6 Å². The van der Waals surface area contributed by atoms with E-state index in [-0.39, 0.29) is 11.9 Å². The Morgan fingerprint density at radius 1 is 1.07 bits per heavy atom. The highest BCUT2D eigenvalue weighted by Crippen LogP contribution is 2.15. The number of nitrogens with one attached hydrogen (secondary N) is 2. The van der Waals surface area contributed by atoms with Crippen LogP contribution in [0.2, 0.25) is 0 Å². The van der Waals surface area contributed by atoms with E-state index in [1.807, 2.05) is 6.92 Å². The Bertz CT molecular complexity index is 775. The number of rotatable bonds is 9. The Labute approximate surface area is 159 Å². The van der Waals surface area contributed by atoms with Crippen LogP contribution in [0.5, 0.6) is 0 Å². The normalized spacial score (nSPS) is 10.3. The summed E-state index contributed by atoms with van der Waals surface area (Å²) in [5.74, 6) is -0.243. The molecule has 144 valence electrons. The largest absolute Gasteiger partial charge is 0.462 e. The standard InChI is InChI=1S/C20H26N4O3/c1-4-6-7-12-21-18(25)17-13-14(3)22-20(24-17)23-16-10-8-15(9-11-16)19(26)27-5-2/h8-11,13H,4-7,12H2,1-3H3,(H,21,25)(H,22,23,24). The number of aromatic nitrogens is 2. The summed E-state index contributed by atoms with van der Waals surface area (Å²) in [7, 11) is 0. The van der Waals surface area contributed by atoms with Gasteiger partial charge < -0.3 is 15.4 Å². The number of benzene rings is 1. The van der Waals surface area contributed by atoms with Crippen LogP contribution in [0.25, 0.3) is 0 Å². The fourth-order valence-electron chi connectivity index (χ4n) is 2.44. The van der Waals surface area contributed by atoms with Gasteiger partial charge in [-0.15, -0.1) is 0 Å². The van der Waals surface area contributed by atoms with Crippen LogP contribution in [0.15, 0.2) is 30.3 Å². The van der Waals surface area contributed by atoms with Gasteiger partial charge in [-0.05, 0) is 50.6 Å². The minimum absolute atomic E-state index is 0.211. The van der Waals surface area contributed by atoms with E-state index in [4.69, 9.17) is 4.74 Å². The molecule has 1 aromatic heterocycles. The molecule has 1 aromatic carbocycles. The van der Waals surface area contributed by atoms with Crippen molar-refractivity contribution in [2.24, 2.45) is 0 Å². The second-order valence-electron chi connectivity index (χ2n) is 6.10. The number of hydrogen-bond donors (Lipinski definition) is 2. The smallest absolute Gasteiger partial charge is 0.338 e.